The molecule has 1 aliphatic heterocycles. The molecule has 9 atom stereocenters. The quantitative estimate of drug-likeness (QED) is 0.00929. The van der Waals surface area contributed by atoms with E-state index in [1.807, 2.05) is 127 Å². The number of carbonyl (C=O) groups excluding carboxylic acids is 1. The molecule has 0 saturated carbocycles. The third-order valence-electron chi connectivity index (χ3n) is 14.7. The lowest BCUT2D eigenvalue weighted by molar-refractivity contribution is -0.329. The second-order valence-corrected chi connectivity index (χ2v) is 21.0. The maximum Gasteiger partial charge on any atom is 0.432 e. The van der Waals surface area contributed by atoms with Gasteiger partial charge < -0.3 is 42.6 Å². The van der Waals surface area contributed by atoms with Gasteiger partial charge in [0.1, 0.15) is 30.5 Å². The topological polar surface area (TPSA) is 149 Å². The highest BCUT2D eigenvalue weighted by atomic mass is 19.4. The number of methoxy groups -OCH3 is 1. The van der Waals surface area contributed by atoms with E-state index >= 15 is 13.2 Å². The molecule has 0 aromatic heterocycles. The molecule has 0 bridgehead atoms. The molecule has 0 amide bonds. The second kappa shape index (κ2) is 36.2. The number of hydrogen-bond acceptors (Lipinski definition) is 11. The Morgan fingerprint density at radius 1 is 0.588 bits per heavy atom. The zero-order valence-electron chi connectivity index (χ0n) is 48.7. The molecule has 452 valence electrons. The summed E-state index contributed by atoms with van der Waals surface area (Å²) >= 11 is 0. The summed E-state index contributed by atoms with van der Waals surface area (Å²) in [6, 6.07) is 52.6. The predicted molar refractivity (Wildman–Crippen MR) is 319 cm³/mol. The van der Waals surface area contributed by atoms with Crippen LogP contribution in [0.5, 0.6) is 0 Å². The Morgan fingerprint density at radius 3 is 1.52 bits per heavy atom. The van der Waals surface area contributed by atoms with Crippen LogP contribution in [-0.2, 0) is 86.1 Å². The zero-order valence-corrected chi connectivity index (χ0v) is 48.7. The number of ether oxygens (including phenoxy) is 9. The van der Waals surface area contributed by atoms with Crippen LogP contribution in [0.15, 0.2) is 187 Å². The SMILES string of the molecule is CCCCCCCCCCCCC#C[C@@H](OC(=O)[C@](OC)(c1ccccc1)C(F)(F)F)[C@@H](OCc1ccccc1)[C@H](CO[C@H]1O[C@H](COCc2ccccc2)[C@H](OCc2ccccc2)[C@H](OCc2ccccc2)[C@H]1OCc1ccccc1)N=[N+]=[N-]. The van der Waals surface area contributed by atoms with Crippen LogP contribution in [0.2, 0.25) is 0 Å². The van der Waals surface area contributed by atoms with E-state index in [0.29, 0.717) is 18.4 Å². The first-order chi connectivity index (χ1) is 41.6. The van der Waals surface area contributed by atoms with Gasteiger partial charge in [0.05, 0.1) is 52.3 Å². The highest BCUT2D eigenvalue weighted by molar-refractivity contribution is 5.83. The number of azide groups is 1. The van der Waals surface area contributed by atoms with Gasteiger partial charge in [-0.1, -0.05) is 264 Å². The van der Waals surface area contributed by atoms with Gasteiger partial charge in [0.2, 0.25) is 0 Å². The molecule has 0 aliphatic carbocycles. The van der Waals surface area contributed by atoms with Gasteiger partial charge in [0, 0.05) is 24.0 Å². The number of rotatable bonds is 36. The van der Waals surface area contributed by atoms with Crippen molar-refractivity contribution in [3.8, 4) is 11.8 Å². The fourth-order valence-electron chi connectivity index (χ4n) is 10.1. The number of benzene rings is 6. The molecular weight excluding hydrogens is 1090 g/mol. The highest BCUT2D eigenvalue weighted by Crippen LogP contribution is 2.43. The minimum Gasteiger partial charge on any atom is -0.444 e. The van der Waals surface area contributed by atoms with Crippen LogP contribution in [0.25, 0.3) is 10.4 Å². The molecule has 1 heterocycles. The average Bonchev–Trinajstić information content (AvgIpc) is 1.52. The number of nitrogens with zero attached hydrogens (tertiary/aromatic N) is 3. The van der Waals surface area contributed by atoms with Crippen LogP contribution in [-0.4, -0.2) is 81.4 Å². The van der Waals surface area contributed by atoms with Crippen LogP contribution in [0.3, 0.4) is 0 Å². The van der Waals surface area contributed by atoms with Gasteiger partial charge in [-0.15, -0.1) is 0 Å². The number of hydrogen-bond donors (Lipinski definition) is 0. The van der Waals surface area contributed by atoms with Gasteiger partial charge in [-0.2, -0.15) is 13.2 Å². The summed E-state index contributed by atoms with van der Waals surface area (Å²) in [5.74, 6) is 4.26. The van der Waals surface area contributed by atoms with Crippen molar-refractivity contribution in [1.82, 2.24) is 0 Å². The lowest BCUT2D eigenvalue weighted by atomic mass is 9.92. The molecular formula is C69H80F3N3O10. The predicted octanol–water partition coefficient (Wildman–Crippen LogP) is 15.3. The molecule has 85 heavy (non-hydrogen) atoms. The normalized spacial score (nSPS) is 18.6. The Kier molecular flexibility index (Phi) is 28.0. The van der Waals surface area contributed by atoms with Crippen molar-refractivity contribution in [3.05, 3.63) is 226 Å². The number of unbranched alkanes of at least 4 members (excludes halogenated alkanes) is 10. The van der Waals surface area contributed by atoms with E-state index in [1.165, 1.54) is 50.3 Å². The molecule has 1 fully saturated rings. The number of halogens is 3. The van der Waals surface area contributed by atoms with E-state index in [-0.39, 0.29) is 39.6 Å². The van der Waals surface area contributed by atoms with E-state index in [0.717, 1.165) is 67.2 Å². The van der Waals surface area contributed by atoms with Crippen LogP contribution < -0.4 is 0 Å². The Bertz CT molecular complexity index is 2900. The first-order valence-corrected chi connectivity index (χ1v) is 29.5. The smallest absolute Gasteiger partial charge is 0.432 e. The molecule has 7 rings (SSSR count). The largest absolute Gasteiger partial charge is 0.444 e. The maximum absolute atomic E-state index is 15.6. The van der Waals surface area contributed by atoms with Gasteiger partial charge in [0.25, 0.3) is 5.60 Å². The molecule has 0 spiro atoms. The summed E-state index contributed by atoms with van der Waals surface area (Å²) in [6.45, 7) is 2.16. The zero-order chi connectivity index (χ0) is 59.8. The average molecular weight is 1170 g/mol. The molecule has 0 radical (unpaired) electrons. The highest BCUT2D eigenvalue weighted by Gasteiger charge is 2.64. The van der Waals surface area contributed by atoms with Crippen molar-refractivity contribution in [2.45, 2.75) is 171 Å². The van der Waals surface area contributed by atoms with Gasteiger partial charge in [-0.05, 0) is 39.8 Å². The number of carbonyl (C=O) groups is 1. The molecule has 0 unspecified atom stereocenters. The first-order valence-electron chi connectivity index (χ1n) is 29.5. The Hall–Kier alpha value is -6.87. The lowest BCUT2D eigenvalue weighted by Gasteiger charge is -2.46. The monoisotopic (exact) mass is 1170 g/mol. The molecule has 0 N–H and O–H groups in total. The third kappa shape index (κ3) is 20.7. The van der Waals surface area contributed by atoms with Gasteiger partial charge in [-0.3, -0.25) is 0 Å². The first kappa shape index (κ1) is 65.7. The fraction of sp³-hybridized carbons (Fsp3) is 0.435. The Balaban J connectivity index is 1.26. The number of esters is 1. The molecule has 6 aromatic rings. The van der Waals surface area contributed by atoms with Crippen molar-refractivity contribution in [2.75, 3.05) is 20.3 Å². The lowest BCUT2D eigenvalue weighted by Crippen LogP contribution is -2.62. The van der Waals surface area contributed by atoms with E-state index in [4.69, 9.17) is 42.6 Å². The summed E-state index contributed by atoms with van der Waals surface area (Å²) in [5, 5.41) is 4.18. The van der Waals surface area contributed by atoms with Gasteiger partial charge in [0.15, 0.2) is 12.4 Å². The van der Waals surface area contributed by atoms with Crippen LogP contribution >= 0.6 is 0 Å². The van der Waals surface area contributed by atoms with Gasteiger partial charge in [-0.25, -0.2) is 4.79 Å². The van der Waals surface area contributed by atoms with Crippen LogP contribution in [0.1, 0.15) is 111 Å². The maximum atomic E-state index is 15.6. The summed E-state index contributed by atoms with van der Waals surface area (Å²) in [4.78, 5) is 17.9. The Morgan fingerprint density at radius 2 is 1.04 bits per heavy atom. The summed E-state index contributed by atoms with van der Waals surface area (Å²) in [6.07, 6.45) is -2.50. The van der Waals surface area contributed by atoms with Crippen molar-refractivity contribution >= 4 is 5.97 Å². The third-order valence-corrected chi connectivity index (χ3v) is 14.7. The molecule has 13 nitrogen and oxygen atoms in total. The van der Waals surface area contributed by atoms with Crippen molar-refractivity contribution < 1.29 is 60.6 Å². The van der Waals surface area contributed by atoms with E-state index in [1.54, 1.807) is 24.3 Å². The standard InChI is InChI=1S/C69H80F3N3O10/c1-3-4-5-6-7-8-9-10-11-12-13-32-45-60(85-67(76)68(77-2,69(70,71)72)58-43-30-19-31-44-58)62(79-47-54-35-22-15-23-36-54)59(74-75-73)51-83-66-65(82-50-57-41-28-18-29-42-57)64(81-49-56-39-26-17-27-40-56)63(80-48-55-37-24-16-25-38-55)61(84-66)52-78-46-53-33-20-14-21-34-53/h14-31,33-44,59-66H,3-13,46-52H2,1-2H3/t59-,60+,61+,62-,63-,64-,65+,66-,68+/m0/s1. The van der Waals surface area contributed by atoms with Crippen molar-refractivity contribution in [1.29, 1.82) is 0 Å². The van der Waals surface area contributed by atoms with Gasteiger partial charge >= 0.3 is 12.1 Å². The summed E-state index contributed by atoms with van der Waals surface area (Å²) in [5.41, 5.74) is 10.5. The van der Waals surface area contributed by atoms with Crippen LogP contribution in [0, 0.1) is 11.8 Å². The van der Waals surface area contributed by atoms with E-state index in [9.17, 15) is 10.3 Å². The van der Waals surface area contributed by atoms with Crippen molar-refractivity contribution in [3.63, 3.8) is 0 Å². The minimum absolute atomic E-state index is 0.00192. The van der Waals surface area contributed by atoms with E-state index < -0.39 is 78.9 Å². The second-order valence-electron chi connectivity index (χ2n) is 21.0. The fourth-order valence-corrected chi connectivity index (χ4v) is 10.1. The van der Waals surface area contributed by atoms with E-state index in [2.05, 4.69) is 28.8 Å². The number of alkyl halides is 3. The summed E-state index contributed by atoms with van der Waals surface area (Å²) < 4.78 is 105. The summed E-state index contributed by atoms with van der Waals surface area (Å²) in [7, 11) is 0.794. The Labute approximate surface area is 499 Å². The molecule has 1 saturated heterocycles. The molecule has 16 heteroatoms. The molecule has 6 aromatic carbocycles. The molecule has 1 aliphatic rings. The van der Waals surface area contributed by atoms with Crippen molar-refractivity contribution in [2.24, 2.45) is 5.11 Å². The minimum atomic E-state index is -5.32. The van der Waals surface area contributed by atoms with Crippen LogP contribution in [0.4, 0.5) is 13.2 Å².